The van der Waals surface area contributed by atoms with Gasteiger partial charge in [0.2, 0.25) is 0 Å². The van der Waals surface area contributed by atoms with Crippen LogP contribution in [-0.4, -0.2) is 32.9 Å². The molecule has 3 rings (SSSR count). The Labute approximate surface area is 150 Å². The molecule has 0 aliphatic carbocycles. The summed E-state index contributed by atoms with van der Waals surface area (Å²) in [7, 11) is 1.88. The van der Waals surface area contributed by atoms with Gasteiger partial charge in [0.15, 0.2) is 16.8 Å². The van der Waals surface area contributed by atoms with Crippen molar-refractivity contribution in [2.75, 3.05) is 12.4 Å². The zero-order valence-electron chi connectivity index (χ0n) is 14.4. The van der Waals surface area contributed by atoms with Gasteiger partial charge in [-0.25, -0.2) is 0 Å². The van der Waals surface area contributed by atoms with Crippen LogP contribution in [0.15, 0.2) is 46.2 Å². The molecule has 2 heterocycles. The van der Waals surface area contributed by atoms with Crippen LogP contribution in [0.5, 0.6) is 5.75 Å². The highest BCUT2D eigenvalue weighted by atomic mass is 32.2. The van der Waals surface area contributed by atoms with Gasteiger partial charge < -0.3 is 13.7 Å². The zero-order valence-corrected chi connectivity index (χ0v) is 15.2. The summed E-state index contributed by atoms with van der Waals surface area (Å²) >= 11 is 1.37. The van der Waals surface area contributed by atoms with Crippen molar-refractivity contribution in [2.45, 2.75) is 19.0 Å². The maximum atomic E-state index is 12.4. The molecule has 0 aliphatic heterocycles. The van der Waals surface area contributed by atoms with Crippen molar-refractivity contribution >= 4 is 17.5 Å². The van der Waals surface area contributed by atoms with Gasteiger partial charge in [-0.2, -0.15) is 0 Å². The summed E-state index contributed by atoms with van der Waals surface area (Å²) in [5.74, 6) is 2.61. The first-order valence-corrected chi connectivity index (χ1v) is 8.91. The third-order valence-corrected chi connectivity index (χ3v) is 4.77. The first-order chi connectivity index (χ1) is 12.1. The standard InChI is InChI=1S/C18H19N3O3S/c1-4-23-14-7-5-13(6-8-14)16(22)11-25-18-20-19-17(21(18)3)15-9-10-24-12(15)2/h5-10H,4,11H2,1-3H3. The fourth-order valence-corrected chi connectivity index (χ4v) is 3.21. The SMILES string of the molecule is CCOc1ccc(C(=O)CSc2nnc(-c3ccoc3C)n2C)cc1. The van der Waals surface area contributed by atoms with Crippen molar-refractivity contribution < 1.29 is 13.9 Å². The van der Waals surface area contributed by atoms with Crippen LogP contribution in [0.2, 0.25) is 0 Å². The number of hydrogen-bond acceptors (Lipinski definition) is 6. The lowest BCUT2D eigenvalue weighted by Crippen LogP contribution is -2.04. The van der Waals surface area contributed by atoms with Crippen LogP contribution in [0, 0.1) is 6.92 Å². The largest absolute Gasteiger partial charge is 0.494 e. The molecule has 6 nitrogen and oxygen atoms in total. The number of aryl methyl sites for hydroxylation is 1. The molecule has 0 N–H and O–H groups in total. The first kappa shape index (κ1) is 17.3. The Hall–Kier alpha value is -2.54. The van der Waals surface area contributed by atoms with Gasteiger partial charge >= 0.3 is 0 Å². The van der Waals surface area contributed by atoms with Crippen molar-refractivity contribution in [1.29, 1.82) is 0 Å². The quantitative estimate of drug-likeness (QED) is 0.474. The monoisotopic (exact) mass is 357 g/mol. The second kappa shape index (κ2) is 7.57. The minimum atomic E-state index is 0.0390. The number of rotatable bonds is 7. The lowest BCUT2D eigenvalue weighted by Gasteiger charge is -2.05. The van der Waals surface area contributed by atoms with Crippen LogP contribution in [0.25, 0.3) is 11.4 Å². The minimum absolute atomic E-state index is 0.0390. The average Bonchev–Trinajstić information content (AvgIpc) is 3.19. The van der Waals surface area contributed by atoms with Gasteiger partial charge in [-0.15, -0.1) is 10.2 Å². The fraction of sp³-hybridized carbons (Fsp3) is 0.278. The Morgan fingerprint density at radius 2 is 2.00 bits per heavy atom. The van der Waals surface area contributed by atoms with E-state index in [0.29, 0.717) is 23.1 Å². The summed E-state index contributed by atoms with van der Waals surface area (Å²) in [6, 6.07) is 9.04. The highest BCUT2D eigenvalue weighted by molar-refractivity contribution is 7.99. The van der Waals surface area contributed by atoms with Gasteiger partial charge in [-0.1, -0.05) is 11.8 Å². The van der Waals surface area contributed by atoms with Gasteiger partial charge in [0.25, 0.3) is 0 Å². The maximum absolute atomic E-state index is 12.4. The maximum Gasteiger partial charge on any atom is 0.191 e. The number of thioether (sulfide) groups is 1. The normalized spacial score (nSPS) is 10.8. The number of carbonyl (C=O) groups excluding carboxylic acids is 1. The van der Waals surface area contributed by atoms with E-state index < -0.39 is 0 Å². The van der Waals surface area contributed by atoms with Crippen LogP contribution >= 0.6 is 11.8 Å². The lowest BCUT2D eigenvalue weighted by atomic mass is 10.1. The molecule has 1 aromatic carbocycles. The van der Waals surface area contributed by atoms with E-state index in [1.165, 1.54) is 11.8 Å². The number of hydrogen-bond donors (Lipinski definition) is 0. The summed E-state index contributed by atoms with van der Waals surface area (Å²) in [5, 5.41) is 9.07. The molecule has 25 heavy (non-hydrogen) atoms. The Kier molecular flexibility index (Phi) is 5.23. The molecule has 0 saturated heterocycles. The summed E-state index contributed by atoms with van der Waals surface area (Å²) in [5.41, 5.74) is 1.56. The lowest BCUT2D eigenvalue weighted by molar-refractivity contribution is 0.102. The topological polar surface area (TPSA) is 70.2 Å². The van der Waals surface area contributed by atoms with Gasteiger partial charge in [0.05, 0.1) is 24.2 Å². The smallest absolute Gasteiger partial charge is 0.191 e. The number of ether oxygens (including phenoxy) is 1. The van der Waals surface area contributed by atoms with E-state index in [1.807, 2.05) is 43.7 Å². The predicted octanol–water partition coefficient (Wildman–Crippen LogP) is 3.76. The number of nitrogens with zero attached hydrogens (tertiary/aromatic N) is 3. The number of Topliss-reactive ketones (excluding diaryl/α,β-unsaturated/α-hetero) is 1. The van der Waals surface area contributed by atoms with E-state index in [4.69, 9.17) is 9.15 Å². The molecule has 7 heteroatoms. The van der Waals surface area contributed by atoms with Crippen molar-refractivity contribution in [3.8, 4) is 17.1 Å². The number of carbonyl (C=O) groups is 1. The molecule has 130 valence electrons. The third-order valence-electron chi connectivity index (χ3n) is 3.75. The molecule has 0 bridgehead atoms. The van der Waals surface area contributed by atoms with Gasteiger partial charge in [-0.3, -0.25) is 4.79 Å². The van der Waals surface area contributed by atoms with Crippen LogP contribution in [0.4, 0.5) is 0 Å². The molecular formula is C18H19N3O3S. The predicted molar refractivity (Wildman–Crippen MR) is 96.1 cm³/mol. The van der Waals surface area contributed by atoms with E-state index in [-0.39, 0.29) is 5.78 Å². The summed E-state index contributed by atoms with van der Waals surface area (Å²) < 4.78 is 12.6. The minimum Gasteiger partial charge on any atom is -0.494 e. The number of furan rings is 1. The van der Waals surface area contributed by atoms with Crippen molar-refractivity contribution in [3.05, 3.63) is 47.9 Å². The van der Waals surface area contributed by atoms with E-state index in [9.17, 15) is 4.79 Å². The molecule has 0 saturated carbocycles. The number of benzene rings is 1. The highest BCUT2D eigenvalue weighted by Gasteiger charge is 2.16. The van der Waals surface area contributed by atoms with Crippen molar-refractivity contribution in [2.24, 2.45) is 7.05 Å². The van der Waals surface area contributed by atoms with Gasteiger partial charge in [-0.05, 0) is 44.2 Å². The van der Waals surface area contributed by atoms with Crippen LogP contribution in [-0.2, 0) is 7.05 Å². The summed E-state index contributed by atoms with van der Waals surface area (Å²) in [6.45, 7) is 4.41. The van der Waals surface area contributed by atoms with Crippen molar-refractivity contribution in [1.82, 2.24) is 14.8 Å². The Bertz CT molecular complexity index is 868. The van der Waals surface area contributed by atoms with Crippen LogP contribution < -0.4 is 4.74 Å². The molecule has 0 spiro atoms. The van der Waals surface area contributed by atoms with E-state index >= 15 is 0 Å². The fourth-order valence-electron chi connectivity index (χ4n) is 2.41. The number of ketones is 1. The summed E-state index contributed by atoms with van der Waals surface area (Å²) in [4.78, 5) is 12.4. The van der Waals surface area contributed by atoms with E-state index in [2.05, 4.69) is 10.2 Å². The van der Waals surface area contributed by atoms with Crippen molar-refractivity contribution in [3.63, 3.8) is 0 Å². The molecule has 0 amide bonds. The molecule has 0 atom stereocenters. The second-order valence-corrected chi connectivity index (χ2v) is 6.37. The molecule has 2 aromatic heterocycles. The highest BCUT2D eigenvalue weighted by Crippen LogP contribution is 2.26. The molecule has 0 aliphatic rings. The van der Waals surface area contributed by atoms with E-state index in [1.54, 1.807) is 18.4 Å². The van der Waals surface area contributed by atoms with Gasteiger partial charge in [0, 0.05) is 12.6 Å². The molecule has 3 aromatic rings. The molecular weight excluding hydrogens is 338 g/mol. The Morgan fingerprint density at radius 3 is 2.64 bits per heavy atom. The Balaban J connectivity index is 1.66. The molecule has 0 radical (unpaired) electrons. The molecule has 0 fully saturated rings. The third kappa shape index (κ3) is 3.76. The average molecular weight is 357 g/mol. The Morgan fingerprint density at radius 1 is 1.24 bits per heavy atom. The van der Waals surface area contributed by atoms with E-state index in [0.717, 1.165) is 22.9 Å². The summed E-state index contributed by atoms with van der Waals surface area (Å²) in [6.07, 6.45) is 1.63. The number of aromatic nitrogens is 3. The molecule has 0 unspecified atom stereocenters. The first-order valence-electron chi connectivity index (χ1n) is 7.93. The van der Waals surface area contributed by atoms with Gasteiger partial charge in [0.1, 0.15) is 11.5 Å². The second-order valence-electron chi connectivity index (χ2n) is 5.42. The van der Waals surface area contributed by atoms with Crippen LogP contribution in [0.1, 0.15) is 23.0 Å². The zero-order chi connectivity index (χ0) is 17.8. The van der Waals surface area contributed by atoms with Crippen LogP contribution in [0.3, 0.4) is 0 Å².